The van der Waals surface area contributed by atoms with Crippen LogP contribution in [0.15, 0.2) is 124 Å². The Hall–Kier alpha value is -4.57. The minimum absolute atomic E-state index is 0.0770. The van der Waals surface area contributed by atoms with Crippen LogP contribution in [0.3, 0.4) is 0 Å². The summed E-state index contributed by atoms with van der Waals surface area (Å²) in [6, 6.07) is 37.8. The number of aliphatic carboxylic acids is 1. The molecule has 0 unspecified atom stereocenters. The monoisotopic (exact) mass is 779 g/mol. The normalized spacial score (nSPS) is 13.2. The van der Waals surface area contributed by atoms with E-state index in [1.54, 1.807) is 24.3 Å². The number of nitrogens with zero attached hydrogens (tertiary/aromatic N) is 1. The lowest BCUT2D eigenvalue weighted by Crippen LogP contribution is -2.36. The lowest BCUT2D eigenvalue weighted by atomic mass is 9.96. The molecule has 0 saturated carbocycles. The molecule has 9 heteroatoms. The molecule has 6 aromatic rings. The Balaban J connectivity index is 1.10. The molecule has 0 spiro atoms. The smallest absolute Gasteiger partial charge is 0.344 e. The Bertz CT molecular complexity index is 2140. The predicted molar refractivity (Wildman–Crippen MR) is 196 cm³/mol. The van der Waals surface area contributed by atoms with Gasteiger partial charge in [0.15, 0.2) is 6.10 Å². The van der Waals surface area contributed by atoms with E-state index in [1.807, 2.05) is 29.5 Å². The molecule has 7 rings (SSSR count). The van der Waals surface area contributed by atoms with Crippen LogP contribution in [-0.2, 0) is 11.2 Å². The van der Waals surface area contributed by atoms with Crippen molar-refractivity contribution in [3.63, 3.8) is 0 Å². The molecule has 6 nitrogen and oxygen atoms in total. The average Bonchev–Trinajstić information content (AvgIpc) is 3.57. The zero-order valence-electron chi connectivity index (χ0n) is 25.4. The van der Waals surface area contributed by atoms with Crippen molar-refractivity contribution in [2.45, 2.75) is 18.9 Å². The van der Waals surface area contributed by atoms with Gasteiger partial charge in [-0.1, -0.05) is 84.9 Å². The number of carboxylic acid groups (broad SMARTS) is 1. The predicted octanol–water partition coefficient (Wildman–Crippen LogP) is 9.87. The van der Waals surface area contributed by atoms with E-state index in [2.05, 4.69) is 105 Å². The largest absolute Gasteiger partial charge is 0.479 e. The highest BCUT2D eigenvalue weighted by Crippen LogP contribution is 2.42. The number of imide groups is 1. The van der Waals surface area contributed by atoms with E-state index in [4.69, 9.17) is 4.74 Å². The molecule has 0 radical (unpaired) electrons. The number of benzene rings is 5. The summed E-state index contributed by atoms with van der Waals surface area (Å²) < 4.78 is 8.36. The zero-order chi connectivity index (χ0) is 33.4. The third-order valence-electron chi connectivity index (χ3n) is 8.41. The minimum Gasteiger partial charge on any atom is -0.479 e. The SMILES string of the molecule is O=C(O)[C@H](CCN1C(=O)c2ccccc2C1=O)Oc1c(Br)cc(-c2ccc(-c3c(Cc4ccccc4)sc4ccccc34)cc2)cc1Br. The van der Waals surface area contributed by atoms with Crippen molar-refractivity contribution in [2.75, 3.05) is 6.54 Å². The van der Waals surface area contributed by atoms with Gasteiger partial charge in [0, 0.05) is 39.9 Å². The van der Waals surface area contributed by atoms with Gasteiger partial charge < -0.3 is 9.84 Å². The third-order valence-corrected chi connectivity index (χ3v) is 10.8. The second-order valence-electron chi connectivity index (χ2n) is 11.4. The number of rotatable bonds is 10. The Kier molecular flexibility index (Phi) is 9.00. The quantitative estimate of drug-likeness (QED) is 0.140. The number of fused-ring (bicyclic) bond motifs is 2. The number of hydrogen-bond acceptors (Lipinski definition) is 5. The zero-order valence-corrected chi connectivity index (χ0v) is 29.3. The first kappa shape index (κ1) is 32.0. The highest BCUT2D eigenvalue weighted by molar-refractivity contribution is 9.11. The number of hydrogen-bond donors (Lipinski definition) is 1. The molecule has 2 amide bonds. The van der Waals surface area contributed by atoms with Crippen molar-refractivity contribution in [1.82, 2.24) is 4.90 Å². The van der Waals surface area contributed by atoms with Gasteiger partial charge in [-0.15, -0.1) is 11.3 Å². The maximum atomic E-state index is 12.8. The van der Waals surface area contributed by atoms with Gasteiger partial charge in [0.2, 0.25) is 0 Å². The van der Waals surface area contributed by atoms with Crippen molar-refractivity contribution in [3.05, 3.63) is 146 Å². The molecule has 2 heterocycles. The number of carboxylic acids is 1. The van der Waals surface area contributed by atoms with Crippen LogP contribution in [0.2, 0.25) is 0 Å². The summed E-state index contributed by atoms with van der Waals surface area (Å²) in [5, 5.41) is 11.2. The van der Waals surface area contributed by atoms with Gasteiger partial charge >= 0.3 is 5.97 Å². The molecule has 1 aliphatic heterocycles. The third kappa shape index (κ3) is 6.21. The fraction of sp³-hybridized carbons (Fsp3) is 0.103. The first-order valence-electron chi connectivity index (χ1n) is 15.3. The molecule has 0 fully saturated rings. The molecule has 48 heavy (non-hydrogen) atoms. The van der Waals surface area contributed by atoms with Gasteiger partial charge in [0.25, 0.3) is 11.8 Å². The number of ether oxygens (including phenoxy) is 1. The standard InChI is InChI=1S/C39H27Br2NO5S/c40-30-21-26(22-31(41)36(30)47-32(39(45)46)18-19-42-37(43)27-10-4-5-11-28(27)38(42)44)24-14-16-25(17-15-24)35-29-12-6-7-13-33(29)48-34(35)20-23-8-2-1-3-9-23/h1-17,21-22,32H,18-20H2,(H,45,46)/t32-/m0/s1. The van der Waals surface area contributed by atoms with Crippen LogP contribution in [0.5, 0.6) is 5.75 Å². The maximum absolute atomic E-state index is 12.8. The van der Waals surface area contributed by atoms with E-state index in [9.17, 15) is 19.5 Å². The van der Waals surface area contributed by atoms with Gasteiger partial charge in [-0.25, -0.2) is 4.79 Å². The number of amides is 2. The molecule has 1 N–H and O–H groups in total. The van der Waals surface area contributed by atoms with E-state index in [0.717, 1.165) is 28.0 Å². The summed E-state index contributed by atoms with van der Waals surface area (Å²) >= 11 is 8.99. The van der Waals surface area contributed by atoms with Gasteiger partial charge in [-0.2, -0.15) is 0 Å². The summed E-state index contributed by atoms with van der Waals surface area (Å²) in [5.74, 6) is -1.74. The number of halogens is 2. The number of carbonyl (C=O) groups excluding carboxylic acids is 2. The van der Waals surface area contributed by atoms with Crippen LogP contribution in [0, 0.1) is 0 Å². The Morgan fingerprint density at radius 3 is 1.98 bits per heavy atom. The Morgan fingerprint density at radius 2 is 1.33 bits per heavy atom. The van der Waals surface area contributed by atoms with Gasteiger partial charge in [-0.05, 0) is 84.4 Å². The fourth-order valence-electron chi connectivity index (χ4n) is 6.05. The first-order chi connectivity index (χ1) is 23.3. The van der Waals surface area contributed by atoms with E-state index < -0.39 is 23.9 Å². The highest BCUT2D eigenvalue weighted by Gasteiger charge is 2.36. The van der Waals surface area contributed by atoms with Crippen LogP contribution in [0.4, 0.5) is 0 Å². The summed E-state index contributed by atoms with van der Waals surface area (Å²) in [5.41, 5.74) is 6.19. The van der Waals surface area contributed by atoms with E-state index in [1.165, 1.54) is 26.1 Å². The molecular formula is C39H27Br2NO5S. The molecule has 1 aromatic heterocycles. The van der Waals surface area contributed by atoms with Crippen LogP contribution < -0.4 is 4.74 Å². The summed E-state index contributed by atoms with van der Waals surface area (Å²) in [6.45, 7) is -0.0878. The topological polar surface area (TPSA) is 83.9 Å². The molecule has 0 aliphatic carbocycles. The maximum Gasteiger partial charge on any atom is 0.344 e. The summed E-state index contributed by atoms with van der Waals surface area (Å²) in [7, 11) is 0. The first-order valence-corrected chi connectivity index (χ1v) is 17.7. The van der Waals surface area contributed by atoms with Crippen LogP contribution in [-0.4, -0.2) is 40.4 Å². The highest BCUT2D eigenvalue weighted by atomic mass is 79.9. The minimum atomic E-state index is -1.29. The lowest BCUT2D eigenvalue weighted by Gasteiger charge is -2.20. The number of thiophene rings is 1. The van der Waals surface area contributed by atoms with E-state index in [-0.39, 0.29) is 13.0 Å². The van der Waals surface area contributed by atoms with E-state index in [0.29, 0.717) is 25.8 Å². The average molecular weight is 782 g/mol. The summed E-state index contributed by atoms with van der Waals surface area (Å²) in [4.78, 5) is 40.1. The van der Waals surface area contributed by atoms with Gasteiger partial charge in [0.1, 0.15) is 5.75 Å². The Labute approximate surface area is 297 Å². The summed E-state index contributed by atoms with van der Waals surface area (Å²) in [6.07, 6.45) is -0.515. The number of carbonyl (C=O) groups is 3. The van der Waals surface area contributed by atoms with Crippen LogP contribution in [0.1, 0.15) is 37.6 Å². The van der Waals surface area contributed by atoms with Crippen LogP contribution >= 0.6 is 43.2 Å². The van der Waals surface area contributed by atoms with Crippen molar-refractivity contribution in [1.29, 1.82) is 0 Å². The molecule has 238 valence electrons. The molecule has 5 aromatic carbocycles. The van der Waals surface area contributed by atoms with Crippen LogP contribution in [0.25, 0.3) is 32.3 Å². The molecule has 0 bridgehead atoms. The van der Waals surface area contributed by atoms with Gasteiger partial charge in [-0.3, -0.25) is 14.5 Å². The van der Waals surface area contributed by atoms with Crippen molar-refractivity contribution in [2.24, 2.45) is 0 Å². The second-order valence-corrected chi connectivity index (χ2v) is 14.3. The molecule has 0 saturated heterocycles. The Morgan fingerprint density at radius 1 is 0.750 bits per heavy atom. The lowest BCUT2D eigenvalue weighted by molar-refractivity contribution is -0.145. The fourth-order valence-corrected chi connectivity index (χ4v) is 8.68. The second kappa shape index (κ2) is 13.5. The molecule has 1 aliphatic rings. The van der Waals surface area contributed by atoms with Gasteiger partial charge in [0.05, 0.1) is 20.1 Å². The van der Waals surface area contributed by atoms with Crippen molar-refractivity contribution in [3.8, 4) is 28.0 Å². The van der Waals surface area contributed by atoms with E-state index >= 15 is 0 Å². The molecule has 1 atom stereocenters. The van der Waals surface area contributed by atoms with Crippen molar-refractivity contribution < 1.29 is 24.2 Å². The van der Waals surface area contributed by atoms with Crippen molar-refractivity contribution >= 4 is 71.1 Å². The molecular weight excluding hydrogens is 754 g/mol.